The molecule has 1 aliphatic rings. The van der Waals surface area contributed by atoms with Crippen LogP contribution in [0.25, 0.3) is 0 Å². The van der Waals surface area contributed by atoms with Gasteiger partial charge in [0.25, 0.3) is 0 Å². The van der Waals surface area contributed by atoms with Gasteiger partial charge in [-0.3, -0.25) is 4.79 Å². The van der Waals surface area contributed by atoms with Crippen molar-refractivity contribution in [1.82, 2.24) is 10.2 Å². The maximum Gasteiger partial charge on any atom is 0.415 e. The quantitative estimate of drug-likeness (QED) is 0.799. The number of nitrogens with one attached hydrogen (secondary N) is 1. The van der Waals surface area contributed by atoms with Crippen LogP contribution < -0.4 is 10.1 Å². The molecule has 1 aromatic rings. The highest BCUT2D eigenvalue weighted by atomic mass is 16.6. The summed E-state index contributed by atoms with van der Waals surface area (Å²) < 4.78 is 5.33. The highest BCUT2D eigenvalue weighted by Crippen LogP contribution is 2.19. The van der Waals surface area contributed by atoms with Gasteiger partial charge in [0, 0.05) is 31.7 Å². The summed E-state index contributed by atoms with van der Waals surface area (Å²) in [5, 5.41) is 3.17. The molecule has 18 heavy (non-hydrogen) atoms. The van der Waals surface area contributed by atoms with Gasteiger partial charge >= 0.3 is 6.09 Å². The number of ether oxygens (including phenoxy) is 1. The summed E-state index contributed by atoms with van der Waals surface area (Å²) in [4.78, 5) is 24.2. The molecule has 1 fully saturated rings. The Kier molecular flexibility index (Phi) is 3.94. The van der Waals surface area contributed by atoms with E-state index in [1.165, 1.54) is 0 Å². The zero-order chi connectivity index (χ0) is 13.0. The van der Waals surface area contributed by atoms with Crippen molar-refractivity contribution >= 4 is 12.4 Å². The lowest BCUT2D eigenvalue weighted by Crippen LogP contribution is -2.47. The number of piperazine rings is 1. The van der Waals surface area contributed by atoms with E-state index >= 15 is 0 Å². The predicted molar refractivity (Wildman–Crippen MR) is 67.0 cm³/mol. The molecule has 1 N–H and O–H groups in total. The van der Waals surface area contributed by atoms with Gasteiger partial charge in [-0.25, -0.2) is 4.79 Å². The minimum atomic E-state index is -0.335. The molecule has 0 aromatic heterocycles. The van der Waals surface area contributed by atoms with Gasteiger partial charge in [-0.1, -0.05) is 0 Å². The molecular weight excluding hydrogens is 232 g/mol. The average Bonchev–Trinajstić information content (AvgIpc) is 2.42. The van der Waals surface area contributed by atoms with Gasteiger partial charge in [0.15, 0.2) is 0 Å². The number of aryl methyl sites for hydroxylation is 1. The van der Waals surface area contributed by atoms with Crippen LogP contribution in [0.4, 0.5) is 4.79 Å². The molecule has 2 rings (SSSR count). The highest BCUT2D eigenvalue weighted by molar-refractivity contribution is 5.76. The van der Waals surface area contributed by atoms with Gasteiger partial charge in [-0.15, -0.1) is 0 Å². The Labute approximate surface area is 106 Å². The lowest BCUT2D eigenvalue weighted by Gasteiger charge is -2.26. The van der Waals surface area contributed by atoms with Crippen molar-refractivity contribution in [2.24, 2.45) is 0 Å². The standard InChI is InChI=1S/C13H16N2O3/c1-10-8-11(9-16)2-3-12(10)18-13(17)15-6-4-14-5-7-15/h2-3,8-9,14H,4-7H2,1H3. The Balaban J connectivity index is 2.04. The molecule has 1 aliphatic heterocycles. The summed E-state index contributed by atoms with van der Waals surface area (Å²) in [5.41, 5.74) is 1.36. The number of nitrogens with zero attached hydrogens (tertiary/aromatic N) is 1. The second-order valence-electron chi connectivity index (χ2n) is 4.25. The zero-order valence-corrected chi connectivity index (χ0v) is 10.3. The Hall–Kier alpha value is -1.88. The zero-order valence-electron chi connectivity index (χ0n) is 10.3. The minimum Gasteiger partial charge on any atom is -0.410 e. The first kappa shape index (κ1) is 12.6. The summed E-state index contributed by atoms with van der Waals surface area (Å²) in [7, 11) is 0. The smallest absolute Gasteiger partial charge is 0.410 e. The third-order valence-corrected chi connectivity index (χ3v) is 2.91. The molecular formula is C13H16N2O3. The molecule has 0 spiro atoms. The molecule has 0 radical (unpaired) electrons. The second kappa shape index (κ2) is 5.64. The third kappa shape index (κ3) is 2.87. The van der Waals surface area contributed by atoms with E-state index in [9.17, 15) is 9.59 Å². The van der Waals surface area contributed by atoms with Crippen LogP contribution >= 0.6 is 0 Å². The van der Waals surface area contributed by atoms with Crippen LogP contribution in [-0.2, 0) is 0 Å². The van der Waals surface area contributed by atoms with Crippen LogP contribution in [0.1, 0.15) is 15.9 Å². The average molecular weight is 248 g/mol. The van der Waals surface area contributed by atoms with Crippen molar-refractivity contribution in [3.05, 3.63) is 29.3 Å². The van der Waals surface area contributed by atoms with E-state index in [1.807, 2.05) is 6.92 Å². The number of benzene rings is 1. The van der Waals surface area contributed by atoms with E-state index in [4.69, 9.17) is 4.74 Å². The van der Waals surface area contributed by atoms with Gasteiger partial charge in [0.1, 0.15) is 12.0 Å². The third-order valence-electron chi connectivity index (χ3n) is 2.91. The topological polar surface area (TPSA) is 58.6 Å². The number of rotatable bonds is 2. The summed E-state index contributed by atoms with van der Waals surface area (Å²) in [6.07, 6.45) is 0.438. The Bertz CT molecular complexity index is 454. The Morgan fingerprint density at radius 1 is 1.39 bits per heavy atom. The number of carbonyl (C=O) groups excluding carboxylic acids is 2. The summed E-state index contributed by atoms with van der Waals surface area (Å²) >= 11 is 0. The van der Waals surface area contributed by atoms with E-state index in [1.54, 1.807) is 23.1 Å². The van der Waals surface area contributed by atoms with Gasteiger partial charge in [-0.05, 0) is 30.7 Å². The number of amides is 1. The van der Waals surface area contributed by atoms with E-state index in [0.717, 1.165) is 24.9 Å². The van der Waals surface area contributed by atoms with Crippen molar-refractivity contribution in [2.75, 3.05) is 26.2 Å². The van der Waals surface area contributed by atoms with Crippen LogP contribution in [-0.4, -0.2) is 43.5 Å². The monoisotopic (exact) mass is 248 g/mol. The molecule has 0 aliphatic carbocycles. The molecule has 0 unspecified atom stereocenters. The van der Waals surface area contributed by atoms with Crippen LogP contribution in [0.2, 0.25) is 0 Å². The summed E-state index contributed by atoms with van der Waals surface area (Å²) in [6, 6.07) is 4.99. The largest absolute Gasteiger partial charge is 0.415 e. The number of hydrogen-bond donors (Lipinski definition) is 1. The van der Waals surface area contributed by atoms with Crippen LogP contribution in [0.5, 0.6) is 5.75 Å². The number of aldehydes is 1. The molecule has 1 heterocycles. The first-order valence-electron chi connectivity index (χ1n) is 5.94. The van der Waals surface area contributed by atoms with E-state index in [-0.39, 0.29) is 6.09 Å². The lowest BCUT2D eigenvalue weighted by molar-refractivity contribution is 0.112. The first-order valence-corrected chi connectivity index (χ1v) is 5.94. The molecule has 5 heteroatoms. The number of hydrogen-bond acceptors (Lipinski definition) is 4. The fourth-order valence-corrected chi connectivity index (χ4v) is 1.87. The highest BCUT2D eigenvalue weighted by Gasteiger charge is 2.18. The Morgan fingerprint density at radius 2 is 2.11 bits per heavy atom. The van der Waals surface area contributed by atoms with Crippen LogP contribution in [0, 0.1) is 6.92 Å². The van der Waals surface area contributed by atoms with Crippen LogP contribution in [0.3, 0.4) is 0 Å². The summed E-state index contributed by atoms with van der Waals surface area (Å²) in [5.74, 6) is 0.504. The molecule has 96 valence electrons. The van der Waals surface area contributed by atoms with E-state index in [0.29, 0.717) is 24.4 Å². The molecule has 0 bridgehead atoms. The Morgan fingerprint density at radius 3 is 2.72 bits per heavy atom. The molecule has 0 atom stereocenters. The van der Waals surface area contributed by atoms with Crippen LogP contribution in [0.15, 0.2) is 18.2 Å². The van der Waals surface area contributed by atoms with Crippen molar-refractivity contribution in [2.45, 2.75) is 6.92 Å². The van der Waals surface area contributed by atoms with Gasteiger partial charge < -0.3 is 15.0 Å². The fourth-order valence-electron chi connectivity index (χ4n) is 1.87. The van der Waals surface area contributed by atoms with Gasteiger partial charge in [-0.2, -0.15) is 0 Å². The molecule has 1 amide bonds. The van der Waals surface area contributed by atoms with Crippen molar-refractivity contribution in [1.29, 1.82) is 0 Å². The normalized spacial score (nSPS) is 15.3. The second-order valence-corrected chi connectivity index (χ2v) is 4.25. The molecule has 1 aromatic carbocycles. The van der Waals surface area contributed by atoms with Gasteiger partial charge in [0.2, 0.25) is 0 Å². The lowest BCUT2D eigenvalue weighted by atomic mass is 10.1. The SMILES string of the molecule is Cc1cc(C=O)ccc1OC(=O)N1CCNCC1. The van der Waals surface area contributed by atoms with E-state index in [2.05, 4.69) is 5.32 Å². The maximum atomic E-state index is 11.9. The van der Waals surface area contributed by atoms with Crippen molar-refractivity contribution < 1.29 is 14.3 Å². The first-order chi connectivity index (χ1) is 8.70. The fraction of sp³-hybridized carbons (Fsp3) is 0.385. The van der Waals surface area contributed by atoms with Gasteiger partial charge in [0.05, 0.1) is 0 Å². The van der Waals surface area contributed by atoms with E-state index < -0.39 is 0 Å². The molecule has 0 saturated carbocycles. The summed E-state index contributed by atoms with van der Waals surface area (Å²) in [6.45, 7) is 4.71. The minimum absolute atomic E-state index is 0.335. The van der Waals surface area contributed by atoms with Crippen molar-refractivity contribution in [3.8, 4) is 5.75 Å². The van der Waals surface area contributed by atoms with Crippen molar-refractivity contribution in [3.63, 3.8) is 0 Å². The number of carbonyl (C=O) groups is 2. The maximum absolute atomic E-state index is 11.9. The molecule has 1 saturated heterocycles. The predicted octanol–water partition coefficient (Wildman–Crippen LogP) is 1.21. The molecule has 5 nitrogen and oxygen atoms in total.